The van der Waals surface area contributed by atoms with Crippen molar-refractivity contribution in [3.05, 3.63) is 42.1 Å². The predicted octanol–water partition coefficient (Wildman–Crippen LogP) is 1.57. The van der Waals surface area contributed by atoms with Gasteiger partial charge in [-0.25, -0.2) is 0 Å². The molecule has 0 saturated heterocycles. The zero-order valence-corrected chi connectivity index (χ0v) is 7.44. The van der Waals surface area contributed by atoms with Gasteiger partial charge < -0.3 is 5.84 Å². The van der Waals surface area contributed by atoms with Gasteiger partial charge in [-0.2, -0.15) is 9.89 Å². The maximum absolute atomic E-state index is 5.68. The van der Waals surface area contributed by atoms with Gasteiger partial charge in [0.1, 0.15) is 0 Å². The molecule has 1 heterocycles. The largest absolute Gasteiger partial charge is 0.323 e. The van der Waals surface area contributed by atoms with Gasteiger partial charge in [0.05, 0.1) is 11.4 Å². The lowest BCUT2D eigenvalue weighted by Gasteiger charge is -1.99. The van der Waals surface area contributed by atoms with Crippen molar-refractivity contribution in [3.63, 3.8) is 0 Å². The van der Waals surface area contributed by atoms with Crippen LogP contribution in [0.15, 0.2) is 36.4 Å². The maximum atomic E-state index is 5.68. The van der Waals surface area contributed by atoms with Gasteiger partial charge in [0.2, 0.25) is 0 Å². The van der Waals surface area contributed by atoms with Crippen molar-refractivity contribution in [2.75, 3.05) is 5.84 Å². The van der Waals surface area contributed by atoms with Gasteiger partial charge in [0.25, 0.3) is 0 Å². The number of hydrogen-bond donors (Lipinski definition) is 1. The van der Waals surface area contributed by atoms with E-state index in [-0.39, 0.29) is 0 Å². The highest BCUT2D eigenvalue weighted by molar-refractivity contribution is 5.59. The first-order chi connectivity index (χ1) is 6.27. The Labute approximate surface area is 76.8 Å². The van der Waals surface area contributed by atoms with Crippen LogP contribution >= 0.6 is 0 Å². The van der Waals surface area contributed by atoms with E-state index in [1.165, 1.54) is 4.79 Å². The summed E-state index contributed by atoms with van der Waals surface area (Å²) in [5, 5.41) is 4.08. The molecular formula is C10H11N3. The monoisotopic (exact) mass is 173 g/mol. The molecule has 1 aromatic heterocycles. The number of rotatable bonds is 1. The third kappa shape index (κ3) is 1.40. The average molecular weight is 173 g/mol. The molecular weight excluding hydrogens is 162 g/mol. The molecule has 0 aliphatic carbocycles. The summed E-state index contributed by atoms with van der Waals surface area (Å²) in [6.07, 6.45) is 0. The molecule has 0 atom stereocenters. The van der Waals surface area contributed by atoms with Crippen molar-refractivity contribution in [1.82, 2.24) is 9.89 Å². The normalized spacial score (nSPS) is 10.2. The summed E-state index contributed by atoms with van der Waals surface area (Å²) < 4.78 is 0. The van der Waals surface area contributed by atoms with E-state index in [2.05, 4.69) is 5.10 Å². The molecule has 0 aliphatic rings. The first-order valence-electron chi connectivity index (χ1n) is 4.14. The zero-order valence-electron chi connectivity index (χ0n) is 7.44. The van der Waals surface area contributed by atoms with E-state index in [4.69, 9.17) is 5.84 Å². The minimum atomic E-state index is 0.932. The Kier molecular flexibility index (Phi) is 1.77. The lowest BCUT2D eigenvalue weighted by atomic mass is 10.1. The number of nitrogen functional groups attached to an aromatic ring is 1. The van der Waals surface area contributed by atoms with Crippen LogP contribution in [0.4, 0.5) is 0 Å². The molecule has 3 nitrogen and oxygen atoms in total. The third-order valence-corrected chi connectivity index (χ3v) is 1.93. The maximum Gasteiger partial charge on any atom is 0.0918 e. The highest BCUT2D eigenvalue weighted by atomic mass is 15.5. The van der Waals surface area contributed by atoms with Crippen molar-refractivity contribution < 1.29 is 0 Å². The van der Waals surface area contributed by atoms with Crippen LogP contribution in [0.25, 0.3) is 11.3 Å². The lowest BCUT2D eigenvalue weighted by molar-refractivity contribution is 0.824. The SMILES string of the molecule is Cc1cc(-c2ccccc2)n(N)n1. The van der Waals surface area contributed by atoms with E-state index in [1.54, 1.807) is 0 Å². The number of nitrogens with zero attached hydrogens (tertiary/aromatic N) is 2. The molecule has 66 valence electrons. The Hall–Kier alpha value is -1.77. The van der Waals surface area contributed by atoms with Gasteiger partial charge in [-0.15, -0.1) is 0 Å². The topological polar surface area (TPSA) is 43.8 Å². The first kappa shape index (κ1) is 7.86. The second-order valence-corrected chi connectivity index (χ2v) is 2.98. The van der Waals surface area contributed by atoms with Crippen molar-refractivity contribution >= 4 is 0 Å². The van der Waals surface area contributed by atoms with Gasteiger partial charge >= 0.3 is 0 Å². The number of aryl methyl sites for hydroxylation is 1. The van der Waals surface area contributed by atoms with E-state index in [9.17, 15) is 0 Å². The molecule has 0 amide bonds. The lowest BCUT2D eigenvalue weighted by Crippen LogP contribution is -2.11. The molecule has 0 saturated carbocycles. The molecule has 2 N–H and O–H groups in total. The summed E-state index contributed by atoms with van der Waals surface area (Å²) in [5.41, 5.74) is 2.96. The van der Waals surface area contributed by atoms with Crippen LogP contribution < -0.4 is 5.84 Å². The molecule has 3 heteroatoms. The van der Waals surface area contributed by atoms with Crippen LogP contribution in [0, 0.1) is 6.92 Å². The summed E-state index contributed by atoms with van der Waals surface area (Å²) in [6, 6.07) is 11.9. The summed E-state index contributed by atoms with van der Waals surface area (Å²) in [7, 11) is 0. The van der Waals surface area contributed by atoms with E-state index >= 15 is 0 Å². The summed E-state index contributed by atoms with van der Waals surface area (Å²) in [6.45, 7) is 1.93. The Morgan fingerprint density at radius 3 is 2.46 bits per heavy atom. The van der Waals surface area contributed by atoms with E-state index in [1.807, 2.05) is 43.3 Å². The molecule has 1 aromatic carbocycles. The second kappa shape index (κ2) is 2.94. The Morgan fingerprint density at radius 2 is 1.92 bits per heavy atom. The summed E-state index contributed by atoms with van der Waals surface area (Å²) in [5.74, 6) is 5.68. The molecule has 0 radical (unpaired) electrons. The molecule has 0 aliphatic heterocycles. The van der Waals surface area contributed by atoms with E-state index < -0.39 is 0 Å². The van der Waals surface area contributed by atoms with E-state index in [0.717, 1.165) is 17.0 Å². The minimum absolute atomic E-state index is 0.932. The third-order valence-electron chi connectivity index (χ3n) is 1.93. The molecule has 0 unspecified atom stereocenters. The second-order valence-electron chi connectivity index (χ2n) is 2.98. The quantitative estimate of drug-likeness (QED) is 0.665. The predicted molar refractivity (Wildman–Crippen MR) is 52.6 cm³/mol. The number of aromatic nitrogens is 2. The fraction of sp³-hybridized carbons (Fsp3) is 0.100. The Morgan fingerprint density at radius 1 is 1.23 bits per heavy atom. The van der Waals surface area contributed by atoms with Gasteiger partial charge in [0, 0.05) is 5.56 Å². The molecule has 0 fully saturated rings. The summed E-state index contributed by atoms with van der Waals surface area (Å²) in [4.78, 5) is 1.41. The van der Waals surface area contributed by atoms with Gasteiger partial charge in [-0.05, 0) is 13.0 Å². The number of hydrogen-bond acceptors (Lipinski definition) is 2. The van der Waals surface area contributed by atoms with E-state index in [0.29, 0.717) is 0 Å². The molecule has 2 rings (SSSR count). The van der Waals surface area contributed by atoms with Crippen LogP contribution in [0.3, 0.4) is 0 Å². The Balaban J connectivity index is 2.53. The average Bonchev–Trinajstić information content (AvgIpc) is 2.47. The molecule has 0 spiro atoms. The zero-order chi connectivity index (χ0) is 9.26. The van der Waals surface area contributed by atoms with Crippen LogP contribution in [0.2, 0.25) is 0 Å². The highest BCUT2D eigenvalue weighted by Crippen LogP contribution is 2.17. The van der Waals surface area contributed by atoms with Gasteiger partial charge in [-0.1, -0.05) is 30.3 Å². The van der Waals surface area contributed by atoms with Crippen LogP contribution in [0.1, 0.15) is 5.69 Å². The van der Waals surface area contributed by atoms with Crippen LogP contribution in [-0.2, 0) is 0 Å². The molecule has 2 aromatic rings. The van der Waals surface area contributed by atoms with Crippen LogP contribution in [0.5, 0.6) is 0 Å². The van der Waals surface area contributed by atoms with Crippen molar-refractivity contribution in [3.8, 4) is 11.3 Å². The Bertz CT molecular complexity index is 403. The van der Waals surface area contributed by atoms with Crippen molar-refractivity contribution in [2.24, 2.45) is 0 Å². The first-order valence-corrected chi connectivity index (χ1v) is 4.14. The number of nitrogens with two attached hydrogens (primary N) is 1. The fourth-order valence-electron chi connectivity index (χ4n) is 1.34. The molecule has 13 heavy (non-hydrogen) atoms. The minimum Gasteiger partial charge on any atom is -0.323 e. The van der Waals surface area contributed by atoms with Gasteiger partial charge in [-0.3, -0.25) is 0 Å². The highest BCUT2D eigenvalue weighted by Gasteiger charge is 2.03. The standard InChI is InChI=1S/C10H11N3/c1-8-7-10(13(11)12-8)9-5-3-2-4-6-9/h2-7H,11H2,1H3. The van der Waals surface area contributed by atoms with Crippen molar-refractivity contribution in [2.45, 2.75) is 6.92 Å². The van der Waals surface area contributed by atoms with Crippen molar-refractivity contribution in [1.29, 1.82) is 0 Å². The van der Waals surface area contributed by atoms with Gasteiger partial charge in [0.15, 0.2) is 0 Å². The number of benzene rings is 1. The fourth-order valence-corrected chi connectivity index (χ4v) is 1.34. The smallest absolute Gasteiger partial charge is 0.0918 e. The summed E-state index contributed by atoms with van der Waals surface area (Å²) >= 11 is 0. The van der Waals surface area contributed by atoms with Crippen LogP contribution in [-0.4, -0.2) is 9.89 Å². The molecule has 0 bridgehead atoms.